The highest BCUT2D eigenvalue weighted by Gasteiger charge is 2.12. The van der Waals surface area contributed by atoms with Crippen molar-refractivity contribution in [3.63, 3.8) is 0 Å². The molecule has 0 heterocycles. The van der Waals surface area contributed by atoms with Crippen LogP contribution in [0.3, 0.4) is 0 Å². The van der Waals surface area contributed by atoms with E-state index in [1.807, 2.05) is 19.9 Å². The van der Waals surface area contributed by atoms with Gasteiger partial charge in [0, 0.05) is 18.2 Å². The average Bonchev–Trinajstić information content (AvgIpc) is 2.28. The average molecular weight is 231 g/mol. The van der Waals surface area contributed by atoms with E-state index in [0.29, 0.717) is 11.3 Å². The van der Waals surface area contributed by atoms with Crippen LogP contribution < -0.4 is 11.1 Å². The van der Waals surface area contributed by atoms with Crippen molar-refractivity contribution >= 4 is 11.6 Å². The first-order chi connectivity index (χ1) is 8.02. The molecule has 0 saturated heterocycles. The summed E-state index contributed by atoms with van der Waals surface area (Å²) in [6, 6.07) is 8.69. The quantitative estimate of drug-likeness (QED) is 0.830. The van der Waals surface area contributed by atoms with Crippen LogP contribution in [0, 0.1) is 17.2 Å². The van der Waals surface area contributed by atoms with Crippen molar-refractivity contribution in [3.05, 3.63) is 29.8 Å². The summed E-state index contributed by atoms with van der Waals surface area (Å²) < 4.78 is 0. The third-order valence-electron chi connectivity index (χ3n) is 2.55. The number of nitrogens with one attached hydrogen (secondary N) is 1. The first kappa shape index (κ1) is 13.2. The standard InChI is InChI=1S/C13H17N3O/c1-9(2)12(15)7-13(17)16-11-5-3-4-10(6-11)8-14/h3-6,9,12H,7,15H2,1-2H3,(H,16,17). The molecule has 4 heteroatoms. The number of nitrogens with two attached hydrogens (primary N) is 1. The number of benzene rings is 1. The monoisotopic (exact) mass is 231 g/mol. The van der Waals surface area contributed by atoms with Crippen LogP contribution >= 0.6 is 0 Å². The largest absolute Gasteiger partial charge is 0.327 e. The van der Waals surface area contributed by atoms with Crippen molar-refractivity contribution in [1.82, 2.24) is 0 Å². The van der Waals surface area contributed by atoms with Gasteiger partial charge in [-0.2, -0.15) is 5.26 Å². The number of nitriles is 1. The first-order valence-electron chi connectivity index (χ1n) is 5.58. The lowest BCUT2D eigenvalue weighted by Crippen LogP contribution is -2.31. The minimum atomic E-state index is -0.144. The predicted molar refractivity (Wildman–Crippen MR) is 67.2 cm³/mol. The van der Waals surface area contributed by atoms with Gasteiger partial charge in [-0.15, -0.1) is 0 Å². The lowest BCUT2D eigenvalue weighted by Gasteiger charge is -2.15. The molecule has 0 aliphatic rings. The maximum Gasteiger partial charge on any atom is 0.225 e. The lowest BCUT2D eigenvalue weighted by atomic mass is 10.0. The van der Waals surface area contributed by atoms with Gasteiger partial charge in [-0.1, -0.05) is 19.9 Å². The second-order valence-corrected chi connectivity index (χ2v) is 4.35. The molecule has 0 aromatic heterocycles. The third-order valence-corrected chi connectivity index (χ3v) is 2.55. The predicted octanol–water partition coefficient (Wildman–Crippen LogP) is 1.87. The Morgan fingerprint density at radius 2 is 2.24 bits per heavy atom. The summed E-state index contributed by atoms with van der Waals surface area (Å²) in [6.45, 7) is 3.96. The van der Waals surface area contributed by atoms with Crippen LogP contribution in [-0.2, 0) is 4.79 Å². The number of carbonyl (C=O) groups excluding carboxylic acids is 1. The highest BCUT2D eigenvalue weighted by atomic mass is 16.1. The molecule has 0 bridgehead atoms. The van der Waals surface area contributed by atoms with E-state index in [1.165, 1.54) is 0 Å². The zero-order valence-electron chi connectivity index (χ0n) is 10.1. The molecule has 1 amide bonds. The van der Waals surface area contributed by atoms with E-state index in [4.69, 9.17) is 11.0 Å². The van der Waals surface area contributed by atoms with Gasteiger partial charge in [0.15, 0.2) is 0 Å². The fourth-order valence-corrected chi connectivity index (χ4v) is 1.33. The minimum Gasteiger partial charge on any atom is -0.327 e. The summed E-state index contributed by atoms with van der Waals surface area (Å²) >= 11 is 0. The van der Waals surface area contributed by atoms with E-state index in [1.54, 1.807) is 24.3 Å². The molecule has 1 atom stereocenters. The van der Waals surface area contributed by atoms with Gasteiger partial charge in [0.25, 0.3) is 0 Å². The maximum atomic E-state index is 11.7. The molecule has 1 rings (SSSR count). The zero-order chi connectivity index (χ0) is 12.8. The number of amides is 1. The molecule has 0 aliphatic heterocycles. The Balaban J connectivity index is 2.59. The Morgan fingerprint density at radius 3 is 2.82 bits per heavy atom. The van der Waals surface area contributed by atoms with Gasteiger partial charge in [0.1, 0.15) is 0 Å². The second-order valence-electron chi connectivity index (χ2n) is 4.35. The van der Waals surface area contributed by atoms with E-state index in [2.05, 4.69) is 5.32 Å². The van der Waals surface area contributed by atoms with Gasteiger partial charge in [-0.25, -0.2) is 0 Å². The van der Waals surface area contributed by atoms with Crippen LogP contribution in [-0.4, -0.2) is 11.9 Å². The Kier molecular flexibility index (Phi) is 4.68. The van der Waals surface area contributed by atoms with Crippen LogP contribution in [0.5, 0.6) is 0 Å². The van der Waals surface area contributed by atoms with Crippen molar-refractivity contribution in [2.24, 2.45) is 11.7 Å². The summed E-state index contributed by atoms with van der Waals surface area (Å²) in [4.78, 5) is 11.7. The van der Waals surface area contributed by atoms with Gasteiger partial charge in [0.2, 0.25) is 5.91 Å². The van der Waals surface area contributed by atoms with Gasteiger partial charge in [0.05, 0.1) is 11.6 Å². The topological polar surface area (TPSA) is 78.9 Å². The molecular formula is C13H17N3O. The number of rotatable bonds is 4. The number of nitrogens with zero attached hydrogens (tertiary/aromatic N) is 1. The van der Waals surface area contributed by atoms with E-state index in [0.717, 1.165) is 0 Å². The molecular weight excluding hydrogens is 214 g/mol. The molecule has 0 spiro atoms. The molecule has 0 saturated carbocycles. The van der Waals surface area contributed by atoms with Crippen molar-refractivity contribution in [2.45, 2.75) is 26.3 Å². The van der Waals surface area contributed by atoms with Crippen molar-refractivity contribution in [1.29, 1.82) is 5.26 Å². The Labute approximate surface area is 101 Å². The number of anilines is 1. The fourth-order valence-electron chi connectivity index (χ4n) is 1.33. The Bertz CT molecular complexity index is 435. The Morgan fingerprint density at radius 1 is 1.53 bits per heavy atom. The highest BCUT2D eigenvalue weighted by Crippen LogP contribution is 2.11. The van der Waals surface area contributed by atoms with Crippen molar-refractivity contribution < 1.29 is 4.79 Å². The van der Waals surface area contributed by atoms with E-state index < -0.39 is 0 Å². The molecule has 4 nitrogen and oxygen atoms in total. The minimum absolute atomic E-state index is 0.124. The van der Waals surface area contributed by atoms with Gasteiger partial charge < -0.3 is 11.1 Å². The molecule has 1 aromatic rings. The summed E-state index contributed by atoms with van der Waals surface area (Å²) in [5, 5.41) is 11.5. The second kappa shape index (κ2) is 6.02. The van der Waals surface area contributed by atoms with Crippen LogP contribution in [0.1, 0.15) is 25.8 Å². The van der Waals surface area contributed by atoms with E-state index >= 15 is 0 Å². The molecule has 0 aliphatic carbocycles. The molecule has 3 N–H and O–H groups in total. The van der Waals surface area contributed by atoms with Crippen LogP contribution in [0.4, 0.5) is 5.69 Å². The van der Waals surface area contributed by atoms with Crippen molar-refractivity contribution in [3.8, 4) is 6.07 Å². The third kappa shape index (κ3) is 4.25. The van der Waals surface area contributed by atoms with Gasteiger partial charge >= 0.3 is 0 Å². The first-order valence-corrected chi connectivity index (χ1v) is 5.58. The summed E-state index contributed by atoms with van der Waals surface area (Å²) in [7, 11) is 0. The maximum absolute atomic E-state index is 11.7. The molecule has 0 fully saturated rings. The summed E-state index contributed by atoms with van der Waals surface area (Å²) in [6.07, 6.45) is 0.286. The van der Waals surface area contributed by atoms with Crippen molar-refractivity contribution in [2.75, 3.05) is 5.32 Å². The molecule has 1 aromatic carbocycles. The van der Waals surface area contributed by atoms with Crippen LogP contribution in [0.25, 0.3) is 0 Å². The molecule has 1 unspecified atom stereocenters. The highest BCUT2D eigenvalue weighted by molar-refractivity contribution is 5.91. The van der Waals surface area contributed by atoms with E-state index in [9.17, 15) is 4.79 Å². The molecule has 0 radical (unpaired) electrons. The van der Waals surface area contributed by atoms with Crippen LogP contribution in [0.15, 0.2) is 24.3 Å². The smallest absolute Gasteiger partial charge is 0.225 e. The van der Waals surface area contributed by atoms with Crippen LogP contribution in [0.2, 0.25) is 0 Å². The summed E-state index contributed by atoms with van der Waals surface area (Å²) in [5.41, 5.74) is 6.97. The molecule has 17 heavy (non-hydrogen) atoms. The lowest BCUT2D eigenvalue weighted by molar-refractivity contribution is -0.116. The number of carbonyl (C=O) groups is 1. The zero-order valence-corrected chi connectivity index (χ0v) is 10.1. The number of hydrogen-bond donors (Lipinski definition) is 2. The fraction of sp³-hybridized carbons (Fsp3) is 0.385. The summed E-state index contributed by atoms with van der Waals surface area (Å²) in [5.74, 6) is 0.146. The number of hydrogen-bond acceptors (Lipinski definition) is 3. The molecule has 90 valence electrons. The normalized spacial score (nSPS) is 11.9. The Hall–Kier alpha value is -1.86. The SMILES string of the molecule is CC(C)C(N)CC(=O)Nc1cccc(C#N)c1. The van der Waals surface area contributed by atoms with Gasteiger partial charge in [-0.05, 0) is 24.1 Å². The van der Waals surface area contributed by atoms with Gasteiger partial charge in [-0.3, -0.25) is 4.79 Å². The van der Waals surface area contributed by atoms with E-state index in [-0.39, 0.29) is 24.3 Å².